The van der Waals surface area contributed by atoms with Crippen molar-refractivity contribution < 1.29 is 9.90 Å². The quantitative estimate of drug-likeness (QED) is 0.833. The van der Waals surface area contributed by atoms with E-state index in [1.54, 1.807) is 18.2 Å². The summed E-state index contributed by atoms with van der Waals surface area (Å²) >= 11 is 6.72. The lowest BCUT2D eigenvalue weighted by Crippen LogP contribution is -2.11. The molecule has 0 saturated heterocycles. The molecule has 3 nitrogen and oxygen atoms in total. The molecule has 0 fully saturated rings. The highest BCUT2D eigenvalue weighted by Gasteiger charge is 2.08. The second-order valence-electron chi connectivity index (χ2n) is 3.63. The molecule has 2 rings (SSSR count). The van der Waals surface area contributed by atoms with Gasteiger partial charge in [-0.25, -0.2) is 0 Å². The number of hydrogen-bond acceptors (Lipinski definition) is 2. The monoisotopic (exact) mass is 369 g/mol. The molecule has 1 amide bonds. The second-order valence-corrected chi connectivity index (χ2v) is 5.40. The summed E-state index contributed by atoms with van der Waals surface area (Å²) in [7, 11) is 0. The third-order valence-corrected chi connectivity index (χ3v) is 3.46. The van der Waals surface area contributed by atoms with Crippen LogP contribution < -0.4 is 5.32 Å². The topological polar surface area (TPSA) is 49.3 Å². The molecule has 0 aromatic heterocycles. The molecule has 0 heterocycles. The number of aromatic hydroxyl groups is 1. The normalized spacial score (nSPS) is 10.1. The number of carbonyl (C=O) groups is 1. The van der Waals surface area contributed by atoms with Crippen LogP contribution in [0.1, 0.15) is 10.4 Å². The Morgan fingerprint density at radius 2 is 1.72 bits per heavy atom. The molecule has 2 aromatic carbocycles. The van der Waals surface area contributed by atoms with Crippen molar-refractivity contribution in [3.8, 4) is 5.75 Å². The molecule has 0 radical (unpaired) electrons. The zero-order valence-corrected chi connectivity index (χ0v) is 12.3. The Kier molecular flexibility index (Phi) is 4.04. The first kappa shape index (κ1) is 13.1. The molecule has 5 heteroatoms. The van der Waals surface area contributed by atoms with Crippen molar-refractivity contribution in [1.29, 1.82) is 0 Å². The van der Waals surface area contributed by atoms with Crippen LogP contribution in [0.25, 0.3) is 0 Å². The van der Waals surface area contributed by atoms with Gasteiger partial charge in [0.05, 0.1) is 5.69 Å². The van der Waals surface area contributed by atoms with Gasteiger partial charge in [0.2, 0.25) is 0 Å². The molecule has 0 atom stereocenters. The van der Waals surface area contributed by atoms with Crippen molar-refractivity contribution in [2.75, 3.05) is 5.32 Å². The van der Waals surface area contributed by atoms with Crippen LogP contribution >= 0.6 is 31.9 Å². The average Bonchev–Trinajstić information content (AvgIpc) is 2.33. The third kappa shape index (κ3) is 3.11. The van der Waals surface area contributed by atoms with Crippen LogP contribution in [0.3, 0.4) is 0 Å². The lowest BCUT2D eigenvalue weighted by Gasteiger charge is -2.07. The van der Waals surface area contributed by atoms with E-state index in [4.69, 9.17) is 5.11 Å². The number of anilines is 1. The van der Waals surface area contributed by atoms with Crippen molar-refractivity contribution >= 4 is 43.5 Å². The lowest BCUT2D eigenvalue weighted by molar-refractivity contribution is 0.102. The second kappa shape index (κ2) is 5.54. The molecule has 92 valence electrons. The summed E-state index contributed by atoms with van der Waals surface area (Å²) in [5.74, 6) is -0.0885. The molecule has 0 bridgehead atoms. The molecule has 0 spiro atoms. The van der Waals surface area contributed by atoms with Crippen molar-refractivity contribution in [2.24, 2.45) is 0 Å². The fourth-order valence-corrected chi connectivity index (χ4v) is 2.54. The molecule has 0 aliphatic rings. The van der Waals surface area contributed by atoms with Gasteiger partial charge in [0.25, 0.3) is 5.91 Å². The van der Waals surface area contributed by atoms with Gasteiger partial charge in [-0.15, -0.1) is 0 Å². The SMILES string of the molecule is O=C(Nc1ccc(Br)cc1Br)c1ccc(O)cc1. The van der Waals surface area contributed by atoms with Crippen LogP contribution in [-0.4, -0.2) is 11.0 Å². The standard InChI is InChI=1S/C13H9Br2NO2/c14-9-3-6-12(11(15)7-9)16-13(18)8-1-4-10(17)5-2-8/h1-7,17H,(H,16,18). The van der Waals surface area contributed by atoms with E-state index < -0.39 is 0 Å². The van der Waals surface area contributed by atoms with Crippen LogP contribution in [0.15, 0.2) is 51.4 Å². The first-order valence-corrected chi connectivity index (χ1v) is 6.70. The van der Waals surface area contributed by atoms with Gasteiger partial charge in [0, 0.05) is 14.5 Å². The smallest absolute Gasteiger partial charge is 0.255 e. The molecular formula is C13H9Br2NO2. The highest BCUT2D eigenvalue weighted by atomic mass is 79.9. The van der Waals surface area contributed by atoms with Crippen molar-refractivity contribution in [3.63, 3.8) is 0 Å². The van der Waals surface area contributed by atoms with Crippen molar-refractivity contribution in [1.82, 2.24) is 0 Å². The molecule has 0 aliphatic heterocycles. The van der Waals surface area contributed by atoms with Crippen LogP contribution in [0.4, 0.5) is 5.69 Å². The highest BCUT2D eigenvalue weighted by Crippen LogP contribution is 2.26. The Balaban J connectivity index is 2.18. The number of phenolic OH excluding ortho intramolecular Hbond substituents is 1. The number of benzene rings is 2. The Morgan fingerprint density at radius 1 is 1.06 bits per heavy atom. The van der Waals surface area contributed by atoms with E-state index in [1.165, 1.54) is 12.1 Å². The summed E-state index contributed by atoms with van der Waals surface area (Å²) in [6, 6.07) is 11.6. The molecule has 18 heavy (non-hydrogen) atoms. The Bertz CT molecular complexity index is 582. The minimum Gasteiger partial charge on any atom is -0.508 e. The first-order chi connectivity index (χ1) is 8.56. The largest absolute Gasteiger partial charge is 0.508 e. The Hall–Kier alpha value is -1.33. The van der Waals surface area contributed by atoms with E-state index in [1.807, 2.05) is 12.1 Å². The number of nitrogens with one attached hydrogen (secondary N) is 1. The summed E-state index contributed by atoms with van der Waals surface area (Å²) in [6.45, 7) is 0. The van der Waals surface area contributed by atoms with Gasteiger partial charge >= 0.3 is 0 Å². The average molecular weight is 371 g/mol. The molecule has 0 aliphatic carbocycles. The third-order valence-electron chi connectivity index (χ3n) is 2.31. The zero-order chi connectivity index (χ0) is 13.1. The molecule has 2 N–H and O–H groups in total. The summed E-state index contributed by atoms with van der Waals surface area (Å²) in [5, 5.41) is 11.9. The maximum Gasteiger partial charge on any atom is 0.255 e. The molecule has 2 aromatic rings. The molecule has 0 saturated carbocycles. The summed E-state index contributed by atoms with van der Waals surface area (Å²) in [4.78, 5) is 11.9. The van der Waals surface area contributed by atoms with Gasteiger partial charge in [-0.2, -0.15) is 0 Å². The van der Waals surface area contributed by atoms with Crippen molar-refractivity contribution in [2.45, 2.75) is 0 Å². The lowest BCUT2D eigenvalue weighted by atomic mass is 10.2. The summed E-state index contributed by atoms with van der Waals surface area (Å²) < 4.78 is 1.72. The number of phenols is 1. The van der Waals surface area contributed by atoms with E-state index in [2.05, 4.69) is 37.2 Å². The maximum absolute atomic E-state index is 11.9. The van der Waals surface area contributed by atoms with Gasteiger partial charge in [-0.1, -0.05) is 15.9 Å². The predicted octanol–water partition coefficient (Wildman–Crippen LogP) is 4.17. The minimum atomic E-state index is -0.224. The Morgan fingerprint density at radius 3 is 2.33 bits per heavy atom. The number of rotatable bonds is 2. The number of halogens is 2. The van der Waals surface area contributed by atoms with Gasteiger partial charge in [0.15, 0.2) is 0 Å². The zero-order valence-electron chi connectivity index (χ0n) is 9.15. The number of carbonyl (C=O) groups excluding carboxylic acids is 1. The minimum absolute atomic E-state index is 0.136. The molecule has 0 unspecified atom stereocenters. The van der Waals surface area contributed by atoms with Crippen LogP contribution in [-0.2, 0) is 0 Å². The predicted molar refractivity (Wildman–Crippen MR) is 77.9 cm³/mol. The van der Waals surface area contributed by atoms with E-state index in [-0.39, 0.29) is 11.7 Å². The van der Waals surface area contributed by atoms with Gasteiger partial charge in [0.1, 0.15) is 5.75 Å². The van der Waals surface area contributed by atoms with E-state index in [9.17, 15) is 4.79 Å². The first-order valence-electron chi connectivity index (χ1n) is 5.12. The van der Waals surface area contributed by atoms with E-state index >= 15 is 0 Å². The number of hydrogen-bond donors (Lipinski definition) is 2. The number of amides is 1. The summed E-state index contributed by atoms with van der Waals surface area (Å²) in [5.41, 5.74) is 1.18. The van der Waals surface area contributed by atoms with E-state index in [0.717, 1.165) is 8.95 Å². The summed E-state index contributed by atoms with van der Waals surface area (Å²) in [6.07, 6.45) is 0. The molecular weight excluding hydrogens is 362 g/mol. The van der Waals surface area contributed by atoms with Crippen LogP contribution in [0.2, 0.25) is 0 Å². The van der Waals surface area contributed by atoms with Gasteiger partial charge < -0.3 is 10.4 Å². The van der Waals surface area contributed by atoms with Crippen LogP contribution in [0.5, 0.6) is 5.75 Å². The van der Waals surface area contributed by atoms with Gasteiger partial charge in [-0.05, 0) is 58.4 Å². The van der Waals surface area contributed by atoms with Crippen LogP contribution in [0, 0.1) is 0 Å². The highest BCUT2D eigenvalue weighted by molar-refractivity contribution is 9.11. The fourth-order valence-electron chi connectivity index (χ4n) is 1.40. The Labute approximate surface area is 121 Å². The maximum atomic E-state index is 11.9. The van der Waals surface area contributed by atoms with Gasteiger partial charge in [-0.3, -0.25) is 4.79 Å². The van der Waals surface area contributed by atoms with E-state index in [0.29, 0.717) is 11.3 Å². The van der Waals surface area contributed by atoms with Crippen molar-refractivity contribution in [3.05, 3.63) is 57.0 Å². The fraction of sp³-hybridized carbons (Fsp3) is 0.